The van der Waals surface area contributed by atoms with Gasteiger partial charge in [-0.15, -0.1) is 0 Å². The van der Waals surface area contributed by atoms with Gasteiger partial charge in [-0.25, -0.2) is 18.6 Å². The number of H-pyrrole nitrogens is 2. The van der Waals surface area contributed by atoms with Gasteiger partial charge >= 0.3 is 17.8 Å². The third-order valence-corrected chi connectivity index (χ3v) is 6.56. The number of hydrogen-bond acceptors (Lipinski definition) is 6. The van der Waals surface area contributed by atoms with Crippen molar-refractivity contribution in [2.45, 2.75) is 43.6 Å². The quantitative estimate of drug-likeness (QED) is 0.447. The van der Waals surface area contributed by atoms with E-state index in [4.69, 9.17) is 4.74 Å². The van der Waals surface area contributed by atoms with E-state index in [1.807, 2.05) is 18.2 Å². The maximum absolute atomic E-state index is 15.4. The number of aliphatic hydroxyl groups is 1. The van der Waals surface area contributed by atoms with Crippen molar-refractivity contribution in [3.63, 3.8) is 0 Å². The summed E-state index contributed by atoms with van der Waals surface area (Å²) in [6.45, 7) is 0. The highest BCUT2D eigenvalue weighted by Gasteiger charge is 2.37. The zero-order valence-corrected chi connectivity index (χ0v) is 16.7. The van der Waals surface area contributed by atoms with Crippen LogP contribution in [0.1, 0.15) is 47.4 Å². The Morgan fingerprint density at radius 1 is 1.12 bits per heavy atom. The van der Waals surface area contributed by atoms with Gasteiger partial charge in [-0.3, -0.25) is 4.52 Å². The van der Waals surface area contributed by atoms with E-state index in [0.717, 1.165) is 36.0 Å². The number of ether oxygens (including phenoxy) is 1. The molecule has 2 aliphatic carbocycles. The molecule has 1 saturated carbocycles. The minimum atomic E-state index is -0.816. The number of rotatable bonds is 4. The summed E-state index contributed by atoms with van der Waals surface area (Å²) in [5.41, 5.74) is 2.17. The Hall–Kier alpha value is -3.53. The predicted octanol–water partition coefficient (Wildman–Crippen LogP) is 3.56. The fraction of sp³-hybridized carbons (Fsp3) is 0.318. The largest absolute Gasteiger partial charge is 0.441 e. The van der Waals surface area contributed by atoms with E-state index in [0.29, 0.717) is 12.8 Å². The number of benzene rings is 2. The third-order valence-electron chi connectivity index (χ3n) is 6.56. The van der Waals surface area contributed by atoms with Gasteiger partial charge in [0, 0.05) is 11.6 Å². The zero-order valence-electron chi connectivity index (χ0n) is 16.7. The predicted molar refractivity (Wildman–Crippen MR) is 108 cm³/mol. The second-order valence-electron chi connectivity index (χ2n) is 8.50. The van der Waals surface area contributed by atoms with Gasteiger partial charge < -0.3 is 14.8 Å². The molecule has 164 valence electrons. The summed E-state index contributed by atoms with van der Waals surface area (Å²) in [5, 5.41) is 14.0. The topological polar surface area (TPSA) is 117 Å². The molecule has 0 saturated heterocycles. The second-order valence-corrected chi connectivity index (χ2v) is 8.50. The average Bonchev–Trinajstić information content (AvgIpc) is 3.44. The van der Waals surface area contributed by atoms with E-state index in [2.05, 4.69) is 24.6 Å². The fourth-order valence-corrected chi connectivity index (χ4v) is 4.76. The number of nitrogens with one attached hydrogen (secondary N) is 2. The van der Waals surface area contributed by atoms with Crippen molar-refractivity contribution in [2.24, 2.45) is 0 Å². The molecule has 1 fully saturated rings. The molecule has 2 aliphatic rings. The first kappa shape index (κ1) is 19.2. The Morgan fingerprint density at radius 3 is 2.66 bits per heavy atom. The van der Waals surface area contributed by atoms with Gasteiger partial charge in [0.1, 0.15) is 11.3 Å². The van der Waals surface area contributed by atoms with Crippen LogP contribution in [-0.2, 0) is 18.4 Å². The molecule has 4 aromatic rings. The van der Waals surface area contributed by atoms with Gasteiger partial charge in [0.05, 0.1) is 11.1 Å². The van der Waals surface area contributed by atoms with Crippen LogP contribution in [0.5, 0.6) is 12.0 Å². The van der Waals surface area contributed by atoms with Gasteiger partial charge in [-0.05, 0) is 59.9 Å². The highest BCUT2D eigenvalue weighted by Crippen LogP contribution is 2.44. The molecular formula is C22H18F2N4O4. The number of nitrogens with zero attached hydrogens (tertiary/aromatic N) is 2. The van der Waals surface area contributed by atoms with E-state index in [9.17, 15) is 14.3 Å². The van der Waals surface area contributed by atoms with E-state index in [-0.39, 0.29) is 34.5 Å². The zero-order chi connectivity index (χ0) is 22.0. The van der Waals surface area contributed by atoms with Gasteiger partial charge in [0.25, 0.3) is 0 Å². The van der Waals surface area contributed by atoms with Crippen molar-refractivity contribution < 1.29 is 23.1 Å². The maximum atomic E-state index is 15.4. The molecule has 0 amide bonds. The highest BCUT2D eigenvalue weighted by molar-refractivity contribution is 5.78. The number of fused-ring (bicyclic) bond motifs is 2. The van der Waals surface area contributed by atoms with Crippen molar-refractivity contribution in [1.29, 1.82) is 0 Å². The molecule has 0 aliphatic heterocycles. The highest BCUT2D eigenvalue weighted by atomic mass is 19.1. The normalized spacial score (nSPS) is 19.2. The number of hydrogen-bond donors (Lipinski definition) is 3. The van der Waals surface area contributed by atoms with Crippen molar-refractivity contribution >= 4 is 11.0 Å². The first-order valence-corrected chi connectivity index (χ1v) is 10.4. The summed E-state index contributed by atoms with van der Waals surface area (Å²) in [4.78, 5) is 19.9. The lowest BCUT2D eigenvalue weighted by molar-refractivity contribution is -0.0388. The van der Waals surface area contributed by atoms with E-state index >= 15 is 4.39 Å². The maximum Gasteiger partial charge on any atom is 0.441 e. The van der Waals surface area contributed by atoms with Gasteiger partial charge in [0.15, 0.2) is 5.82 Å². The Balaban J connectivity index is 1.32. The summed E-state index contributed by atoms with van der Waals surface area (Å²) in [5.74, 6) is -2.62. The lowest BCUT2D eigenvalue weighted by Gasteiger charge is -2.37. The van der Waals surface area contributed by atoms with E-state index in [1.54, 1.807) is 0 Å². The summed E-state index contributed by atoms with van der Waals surface area (Å²) in [7, 11) is 0. The molecule has 6 rings (SSSR count). The molecule has 0 bridgehead atoms. The molecule has 2 heterocycles. The summed E-state index contributed by atoms with van der Waals surface area (Å²) in [6, 6.07) is 6.61. The first-order chi connectivity index (χ1) is 15.4. The molecule has 0 radical (unpaired) electrons. The molecular weight excluding hydrogens is 422 g/mol. The average molecular weight is 440 g/mol. The number of halogens is 2. The van der Waals surface area contributed by atoms with Crippen LogP contribution in [0.3, 0.4) is 0 Å². The van der Waals surface area contributed by atoms with Crippen molar-refractivity contribution in [3.8, 4) is 12.0 Å². The molecule has 1 atom stereocenters. The third kappa shape index (κ3) is 2.94. The Labute approximate surface area is 179 Å². The molecule has 2 aromatic heterocycles. The number of aromatic amines is 2. The van der Waals surface area contributed by atoms with Crippen molar-refractivity contribution in [3.05, 3.63) is 68.7 Å². The molecule has 10 heteroatoms. The number of imidazole rings is 1. The Morgan fingerprint density at radius 2 is 1.94 bits per heavy atom. The van der Waals surface area contributed by atoms with Gasteiger partial charge in [-0.2, -0.15) is 4.98 Å². The Kier molecular flexibility index (Phi) is 4.03. The van der Waals surface area contributed by atoms with Gasteiger partial charge in [-0.1, -0.05) is 18.2 Å². The minimum Gasteiger partial charge on any atom is -0.389 e. The molecule has 1 unspecified atom stereocenters. The molecule has 2 aromatic carbocycles. The Bertz CT molecular complexity index is 1420. The van der Waals surface area contributed by atoms with Crippen molar-refractivity contribution in [1.82, 2.24) is 20.1 Å². The second kappa shape index (κ2) is 6.73. The number of aromatic nitrogens is 4. The minimum absolute atomic E-state index is 0.0227. The summed E-state index contributed by atoms with van der Waals surface area (Å²) >= 11 is 0. The van der Waals surface area contributed by atoms with Crippen LogP contribution in [0, 0.1) is 11.6 Å². The monoisotopic (exact) mass is 440 g/mol. The lowest BCUT2D eigenvalue weighted by atomic mass is 9.74. The van der Waals surface area contributed by atoms with E-state index < -0.39 is 23.0 Å². The summed E-state index contributed by atoms with van der Waals surface area (Å²) < 4.78 is 39.9. The van der Waals surface area contributed by atoms with Crippen molar-refractivity contribution in [2.75, 3.05) is 0 Å². The van der Waals surface area contributed by atoms with Crippen LogP contribution in [0.4, 0.5) is 8.78 Å². The van der Waals surface area contributed by atoms with Crippen LogP contribution in [-0.4, -0.2) is 25.2 Å². The standard InChI is InChI=1S/C22H18F2N4O4/c23-14-9-15-18(26-19(25-15)31-20-27-21(29)32-28-20)17(24)16(14)12-6-10-2-3-13(8-11(10)7-12)22(30)4-1-5-22/h2-3,8-9,12,30H,1,4-7H2,(H,25,26)(H,27,28,29). The van der Waals surface area contributed by atoms with Crippen LogP contribution in [0.25, 0.3) is 11.0 Å². The smallest absolute Gasteiger partial charge is 0.389 e. The lowest BCUT2D eigenvalue weighted by Crippen LogP contribution is -2.33. The molecule has 3 N–H and O–H groups in total. The van der Waals surface area contributed by atoms with Crippen LogP contribution < -0.4 is 10.5 Å². The van der Waals surface area contributed by atoms with Crippen LogP contribution in [0.2, 0.25) is 0 Å². The molecule has 8 nitrogen and oxygen atoms in total. The van der Waals surface area contributed by atoms with Gasteiger partial charge in [0.2, 0.25) is 0 Å². The molecule has 0 spiro atoms. The summed E-state index contributed by atoms with van der Waals surface area (Å²) in [6.07, 6.45) is 3.45. The fourth-order valence-electron chi connectivity index (χ4n) is 4.76. The molecule has 32 heavy (non-hydrogen) atoms. The van der Waals surface area contributed by atoms with E-state index in [1.165, 1.54) is 6.07 Å². The van der Waals surface area contributed by atoms with Crippen LogP contribution in [0.15, 0.2) is 33.6 Å². The first-order valence-electron chi connectivity index (χ1n) is 10.4. The SMILES string of the molecule is O=c1[nH]c(Oc2nc3c(F)c(C4Cc5ccc(C6(O)CCC6)cc5C4)c(F)cc3[nH]2)no1. The van der Waals surface area contributed by atoms with Crippen LogP contribution >= 0.6 is 0 Å².